The van der Waals surface area contributed by atoms with E-state index in [1.54, 1.807) is 0 Å². The average Bonchev–Trinajstić information content (AvgIpc) is 2.47. The zero-order valence-electron chi connectivity index (χ0n) is 18.1. The van der Waals surface area contributed by atoms with Crippen LogP contribution in [0.3, 0.4) is 0 Å². The van der Waals surface area contributed by atoms with Gasteiger partial charge in [-0.25, -0.2) is 0 Å². The van der Waals surface area contributed by atoms with E-state index in [-0.39, 0.29) is 87.4 Å². The van der Waals surface area contributed by atoms with Gasteiger partial charge in [0.25, 0.3) is 10.1 Å². The van der Waals surface area contributed by atoms with Gasteiger partial charge in [-0.3, -0.25) is 9.35 Å². The molecule has 0 fully saturated rings. The van der Waals surface area contributed by atoms with E-state index < -0.39 is 21.8 Å². The fraction of sp³-hybridized carbons (Fsp3) is 0.650. The molecule has 0 spiro atoms. The molecule has 0 saturated carbocycles. The Morgan fingerprint density at radius 2 is 1.54 bits per heavy atom. The second-order valence-electron chi connectivity index (χ2n) is 8.88. The van der Waals surface area contributed by atoms with E-state index >= 15 is 0 Å². The fourth-order valence-electron chi connectivity index (χ4n) is 2.69. The molecule has 28 heavy (non-hydrogen) atoms. The van der Waals surface area contributed by atoms with Gasteiger partial charge in [-0.15, -0.1) is 5.75 Å². The summed E-state index contributed by atoms with van der Waals surface area (Å²) >= 11 is 0. The Kier molecular flexibility index (Phi) is 10.9. The third-order valence-electron chi connectivity index (χ3n) is 4.19. The van der Waals surface area contributed by atoms with Crippen LogP contribution in [0, 0.1) is 0 Å². The number of ether oxygens (including phenoxy) is 1. The van der Waals surface area contributed by atoms with Gasteiger partial charge in [0.15, 0.2) is 0 Å². The summed E-state index contributed by atoms with van der Waals surface area (Å²) in [7, 11) is -4.04. The molecular weight excluding hydrogens is 407 g/mol. The summed E-state index contributed by atoms with van der Waals surface area (Å²) in [6.45, 7) is 11.9. The van der Waals surface area contributed by atoms with Crippen LogP contribution in [0.25, 0.3) is 0 Å². The summed E-state index contributed by atoms with van der Waals surface area (Å²) in [6.07, 6.45) is 0.624. The summed E-state index contributed by atoms with van der Waals surface area (Å²) in [5, 5.41) is 12.8. The molecule has 8 heteroatoms. The topological polar surface area (TPSA) is 104 Å². The molecule has 0 aliphatic heterocycles. The molecule has 0 aliphatic rings. The molecule has 0 atom stereocenters. The van der Waals surface area contributed by atoms with Gasteiger partial charge in [-0.2, -0.15) is 8.42 Å². The number of aryl methyl sites for hydroxylation is 1. The molecule has 0 saturated heterocycles. The Balaban J connectivity index is 0.00000729. The molecule has 0 unspecified atom stereocenters. The van der Waals surface area contributed by atoms with Crippen molar-refractivity contribution in [1.29, 1.82) is 0 Å². The molecule has 0 amide bonds. The molecule has 1 aromatic rings. The van der Waals surface area contributed by atoms with Crippen LogP contribution in [0.15, 0.2) is 12.1 Å². The van der Waals surface area contributed by atoms with Crippen molar-refractivity contribution in [2.45, 2.75) is 71.6 Å². The van der Waals surface area contributed by atoms with Crippen molar-refractivity contribution in [3.8, 4) is 5.75 Å². The number of hydrogen-bond donors (Lipinski definition) is 1. The van der Waals surface area contributed by atoms with Crippen molar-refractivity contribution in [2.24, 2.45) is 0 Å². The average molecular weight is 439 g/mol. The van der Waals surface area contributed by atoms with Crippen LogP contribution in [0.1, 0.15) is 71.1 Å². The van der Waals surface area contributed by atoms with Gasteiger partial charge >= 0.3 is 57.4 Å². The summed E-state index contributed by atoms with van der Waals surface area (Å²) in [4.78, 5) is 11.9. The van der Waals surface area contributed by atoms with E-state index in [0.717, 1.165) is 16.7 Å². The molecule has 0 heterocycles. The Morgan fingerprint density at radius 1 is 1.07 bits per heavy atom. The number of benzene rings is 1. The van der Waals surface area contributed by atoms with Gasteiger partial charge in [0.2, 0.25) is 0 Å². The number of carbonyl (C=O) groups excluding carboxylic acids is 1. The van der Waals surface area contributed by atoms with Crippen molar-refractivity contribution in [2.75, 3.05) is 12.4 Å². The number of hydrogen-bond acceptors (Lipinski definition) is 5. The summed E-state index contributed by atoms with van der Waals surface area (Å²) in [6, 6.07) is 3.73. The maximum Gasteiger partial charge on any atom is 1.00 e. The quantitative estimate of drug-likeness (QED) is 0.281. The monoisotopic (exact) mass is 438 g/mol. The zero-order chi connectivity index (χ0) is 21.0. The fourth-order valence-corrected chi connectivity index (χ4v) is 3.18. The van der Waals surface area contributed by atoms with E-state index in [0.29, 0.717) is 6.42 Å². The molecule has 0 aromatic heterocycles. The summed E-state index contributed by atoms with van der Waals surface area (Å²) in [5.74, 6) is -0.826. The molecule has 1 rings (SSSR count). The normalized spacial score (nSPS) is 12.4. The first kappa shape index (κ1) is 28.0. The molecule has 1 N–H and O–H groups in total. The molecule has 1 aromatic carbocycles. The largest absolute Gasteiger partial charge is 1.00 e. The van der Waals surface area contributed by atoms with Gasteiger partial charge < -0.3 is 9.84 Å². The van der Waals surface area contributed by atoms with Crippen molar-refractivity contribution in [3.63, 3.8) is 0 Å². The Bertz CT molecular complexity index is 738. The van der Waals surface area contributed by atoms with Crippen molar-refractivity contribution >= 4 is 16.1 Å². The third-order valence-corrected chi connectivity index (χ3v) is 5.00. The Hall–Kier alpha value is 0.0364. The van der Waals surface area contributed by atoms with E-state index in [1.165, 1.54) is 0 Å². The van der Waals surface area contributed by atoms with Gasteiger partial charge in [-0.1, -0.05) is 53.7 Å². The van der Waals surface area contributed by atoms with Crippen LogP contribution in [-0.4, -0.2) is 31.3 Å². The molecule has 154 valence electrons. The first-order chi connectivity index (χ1) is 12.1. The molecule has 6 nitrogen and oxygen atoms in total. The SMILES string of the molecule is CC(C)(C)c1cc(CCC(=O)OCCCS(=O)(=O)O)cc(C(C)(C)C)c1[O-].[K+]. The molecule has 0 aliphatic carbocycles. The van der Waals surface area contributed by atoms with E-state index in [1.807, 2.05) is 53.7 Å². The molecule has 0 radical (unpaired) electrons. The third kappa shape index (κ3) is 9.69. The standard InChI is InChI=1S/C20H32O6S.K/c1-19(2,3)15-12-14(13-16(18(15)22)20(4,5)6)8-9-17(21)26-10-7-11-27(23,24)25;/h12-13,22H,7-11H2,1-6H3,(H,23,24,25);/q;+1/p-1. The second-order valence-corrected chi connectivity index (χ2v) is 10.5. The van der Waals surface area contributed by atoms with Gasteiger partial charge in [0.05, 0.1) is 12.4 Å². The van der Waals surface area contributed by atoms with Gasteiger partial charge in [0, 0.05) is 6.42 Å². The minimum atomic E-state index is -4.04. The number of rotatable bonds is 7. The van der Waals surface area contributed by atoms with Crippen LogP contribution in [-0.2, 0) is 36.9 Å². The van der Waals surface area contributed by atoms with Crippen molar-refractivity contribution < 1.29 is 79.0 Å². The van der Waals surface area contributed by atoms with Gasteiger partial charge in [0.1, 0.15) is 0 Å². The van der Waals surface area contributed by atoms with Crippen molar-refractivity contribution in [1.82, 2.24) is 0 Å². The van der Waals surface area contributed by atoms with E-state index in [4.69, 9.17) is 9.29 Å². The minimum absolute atomic E-state index is 0. The van der Waals surface area contributed by atoms with Crippen LogP contribution in [0.2, 0.25) is 0 Å². The first-order valence-electron chi connectivity index (χ1n) is 9.07. The van der Waals surface area contributed by atoms with E-state index in [9.17, 15) is 18.3 Å². The summed E-state index contributed by atoms with van der Waals surface area (Å²) < 4.78 is 34.9. The predicted molar refractivity (Wildman–Crippen MR) is 104 cm³/mol. The summed E-state index contributed by atoms with van der Waals surface area (Å²) in [5.41, 5.74) is 1.75. The maximum atomic E-state index is 12.8. The molecule has 0 bridgehead atoms. The first-order valence-corrected chi connectivity index (χ1v) is 10.7. The molecular formula is C20H31KO6S. The van der Waals surface area contributed by atoms with Crippen LogP contribution in [0.4, 0.5) is 0 Å². The smallest absolute Gasteiger partial charge is 0.872 e. The number of carbonyl (C=O) groups is 1. The predicted octanol–water partition coefficient (Wildman–Crippen LogP) is 0.113. The van der Waals surface area contributed by atoms with Crippen LogP contribution < -0.4 is 56.5 Å². The van der Waals surface area contributed by atoms with Crippen LogP contribution >= 0.6 is 0 Å². The van der Waals surface area contributed by atoms with Crippen LogP contribution in [0.5, 0.6) is 5.75 Å². The Labute approximate surface area is 211 Å². The maximum absolute atomic E-state index is 12.8. The second kappa shape index (κ2) is 10.9. The van der Waals surface area contributed by atoms with Gasteiger partial charge in [-0.05, 0) is 40.4 Å². The Morgan fingerprint density at radius 3 is 1.93 bits per heavy atom. The number of esters is 1. The van der Waals surface area contributed by atoms with Crippen molar-refractivity contribution in [3.05, 3.63) is 28.8 Å². The minimum Gasteiger partial charge on any atom is -0.872 e. The zero-order valence-corrected chi connectivity index (χ0v) is 22.0. The van der Waals surface area contributed by atoms with E-state index in [2.05, 4.69) is 0 Å².